The highest BCUT2D eigenvalue weighted by Crippen LogP contribution is 2.34. The zero-order valence-electron chi connectivity index (χ0n) is 28.9. The highest BCUT2D eigenvalue weighted by atomic mass is 31.2. The third-order valence-corrected chi connectivity index (χ3v) is 9.60. The Bertz CT molecular complexity index is 2950. The molecule has 9 rings (SSSR count). The van der Waals surface area contributed by atoms with Crippen molar-refractivity contribution in [2.45, 2.75) is 0 Å². The van der Waals surface area contributed by atoms with Crippen molar-refractivity contribution in [3.8, 4) is 56.5 Å². The Kier molecular flexibility index (Phi) is 9.52. The largest absolute Gasteiger partial charge is 0.735 e. The lowest BCUT2D eigenvalue weighted by Crippen LogP contribution is -1.93. The lowest BCUT2D eigenvalue weighted by molar-refractivity contribution is -0.109. The Morgan fingerprint density at radius 3 is 1.18 bits per heavy atom. The maximum atomic E-state index is 10.8. The van der Waals surface area contributed by atoms with Crippen molar-refractivity contribution < 1.29 is 38.4 Å². The third-order valence-electron chi connectivity index (χ3n) is 9.19. The first-order valence-electron chi connectivity index (χ1n) is 17.1. The van der Waals surface area contributed by atoms with Gasteiger partial charge in [-0.05, 0) is 78.9 Å². The summed E-state index contributed by atoms with van der Waals surface area (Å²) in [4.78, 5) is 56.8. The van der Waals surface area contributed by atoms with Gasteiger partial charge in [0.25, 0.3) is 0 Å². The average Bonchev–Trinajstić information content (AvgIpc) is 3.24. The smallest absolute Gasteiger partial charge is 0.329 e. The first-order valence-corrected chi connectivity index (χ1v) is 19.4. The van der Waals surface area contributed by atoms with Crippen LogP contribution in [0.3, 0.4) is 0 Å². The van der Waals surface area contributed by atoms with Crippen LogP contribution in [0.5, 0.6) is 11.5 Å². The van der Waals surface area contributed by atoms with Crippen molar-refractivity contribution in [3.63, 3.8) is 0 Å². The monoisotopic (exact) mass is 777 g/mol. The molecule has 0 amide bonds. The van der Waals surface area contributed by atoms with Crippen molar-refractivity contribution in [3.05, 3.63) is 146 Å². The minimum Gasteiger partial charge on any atom is -0.329 e. The standard InChI is InChI=1S/C42H26N4O8P2/c47-55(48)53-51-33-16-8-25(9-17-33)35-20-12-27-4-6-29-14-22-37(45-41(29)39(27)43-35)31-2-1-3-32(24-31)38-23-15-30-7-5-28-13-21-36(44-40(28)42(30)46-38)26-10-18-34(19-11-26)52-54-56(49)50/h1-24,47-48H/p+1. The molecule has 1 unspecified atom stereocenters. The summed E-state index contributed by atoms with van der Waals surface area (Å²) in [7, 11) is -5.51. The van der Waals surface area contributed by atoms with Gasteiger partial charge in [0.15, 0.2) is 11.5 Å². The van der Waals surface area contributed by atoms with E-state index in [2.05, 4.69) is 27.5 Å². The average molecular weight is 778 g/mol. The molecule has 0 aliphatic rings. The van der Waals surface area contributed by atoms with Gasteiger partial charge in [-0.3, -0.25) is 4.89 Å². The van der Waals surface area contributed by atoms with Crippen LogP contribution in [0.2, 0.25) is 0 Å². The molecule has 56 heavy (non-hydrogen) atoms. The van der Waals surface area contributed by atoms with Gasteiger partial charge in [-0.15, -0.1) is 9.57 Å². The van der Waals surface area contributed by atoms with Crippen molar-refractivity contribution in [2.24, 2.45) is 0 Å². The summed E-state index contributed by atoms with van der Waals surface area (Å²) < 4.78 is 19.6. The first-order chi connectivity index (χ1) is 27.3. The van der Waals surface area contributed by atoms with Gasteiger partial charge in [-0.1, -0.05) is 66.7 Å². The molecule has 0 saturated carbocycles. The zero-order chi connectivity index (χ0) is 38.2. The van der Waals surface area contributed by atoms with Crippen molar-refractivity contribution in [1.29, 1.82) is 0 Å². The fourth-order valence-corrected chi connectivity index (χ4v) is 6.83. The lowest BCUT2D eigenvalue weighted by atomic mass is 10.0. The molecule has 1 atom stereocenters. The van der Waals surface area contributed by atoms with E-state index in [1.54, 1.807) is 36.4 Å². The van der Waals surface area contributed by atoms with Crippen LogP contribution in [0, 0.1) is 0 Å². The maximum absolute atomic E-state index is 10.8. The Balaban J connectivity index is 1.05. The molecule has 0 bridgehead atoms. The molecule has 3 N–H and O–H groups in total. The third kappa shape index (κ3) is 7.25. The Labute approximate surface area is 320 Å². The van der Waals surface area contributed by atoms with Crippen LogP contribution < -0.4 is 9.78 Å². The van der Waals surface area contributed by atoms with Crippen molar-refractivity contribution in [2.75, 3.05) is 0 Å². The zero-order valence-corrected chi connectivity index (χ0v) is 30.7. The van der Waals surface area contributed by atoms with E-state index in [1.165, 1.54) is 0 Å². The number of fused-ring (bicyclic) bond motifs is 6. The fourth-order valence-electron chi connectivity index (χ4n) is 6.53. The van der Waals surface area contributed by atoms with Gasteiger partial charge in [0.2, 0.25) is 0 Å². The van der Waals surface area contributed by atoms with E-state index in [0.29, 0.717) is 5.75 Å². The number of aromatic nitrogens is 4. The molecule has 5 aromatic carbocycles. The van der Waals surface area contributed by atoms with Crippen LogP contribution in [0.25, 0.3) is 88.6 Å². The Hall–Kier alpha value is -6.33. The van der Waals surface area contributed by atoms with Gasteiger partial charge in [0.05, 0.1) is 44.8 Å². The summed E-state index contributed by atoms with van der Waals surface area (Å²) in [5, 5.41) is 3.82. The maximum Gasteiger partial charge on any atom is 0.735 e. The van der Waals surface area contributed by atoms with E-state index in [1.807, 2.05) is 91.0 Å². The summed E-state index contributed by atoms with van der Waals surface area (Å²) in [6, 6.07) is 46.1. The predicted octanol–water partition coefficient (Wildman–Crippen LogP) is 10.0. The molecular weight excluding hydrogens is 750 g/mol. The van der Waals surface area contributed by atoms with E-state index in [-0.39, 0.29) is 5.75 Å². The highest BCUT2D eigenvalue weighted by molar-refractivity contribution is 7.39. The molecule has 12 nitrogen and oxygen atoms in total. The molecule has 0 aliphatic carbocycles. The summed E-state index contributed by atoms with van der Waals surface area (Å²) in [6.07, 6.45) is 0. The number of hydrogen-bond acceptors (Lipinski definition) is 11. The molecule has 272 valence electrons. The normalized spacial score (nSPS) is 11.8. The summed E-state index contributed by atoms with van der Waals surface area (Å²) in [6.45, 7) is 0. The van der Waals surface area contributed by atoms with Crippen LogP contribution >= 0.6 is 16.9 Å². The number of hydrogen-bond donors (Lipinski definition) is 3. The molecule has 4 aromatic heterocycles. The van der Waals surface area contributed by atoms with E-state index in [4.69, 9.17) is 44.4 Å². The molecule has 0 radical (unpaired) electrons. The molecule has 0 aliphatic heterocycles. The van der Waals surface area contributed by atoms with Crippen molar-refractivity contribution >= 4 is 60.5 Å². The van der Waals surface area contributed by atoms with E-state index >= 15 is 0 Å². The van der Waals surface area contributed by atoms with Crippen LogP contribution in [0.1, 0.15) is 0 Å². The second kappa shape index (κ2) is 15.1. The highest BCUT2D eigenvalue weighted by Gasteiger charge is 2.16. The molecule has 14 heteroatoms. The van der Waals surface area contributed by atoms with Gasteiger partial charge < -0.3 is 14.7 Å². The van der Waals surface area contributed by atoms with Crippen molar-refractivity contribution in [1.82, 2.24) is 19.9 Å². The van der Waals surface area contributed by atoms with Crippen LogP contribution in [-0.2, 0) is 13.9 Å². The van der Waals surface area contributed by atoms with Crippen LogP contribution in [0.15, 0.2) is 146 Å². The number of pyridine rings is 4. The van der Waals surface area contributed by atoms with Crippen LogP contribution in [-0.4, -0.2) is 34.6 Å². The van der Waals surface area contributed by atoms with Gasteiger partial charge >= 0.3 is 16.9 Å². The summed E-state index contributed by atoms with van der Waals surface area (Å²) >= 11 is 0. The quantitative estimate of drug-likeness (QED) is 0.0521. The molecular formula is C42H27N4O8P2+. The van der Waals surface area contributed by atoms with Gasteiger partial charge in [-0.2, -0.15) is 0 Å². The fraction of sp³-hybridized carbons (Fsp3) is 0. The summed E-state index contributed by atoms with van der Waals surface area (Å²) in [5.41, 5.74) is 9.63. The van der Waals surface area contributed by atoms with E-state index in [0.717, 1.165) is 88.6 Å². The molecule has 0 fully saturated rings. The SMILES string of the molecule is O=[P+](O)OOc1ccc(-c2ccc3ccc4ccc(-c5cccc(-c6ccc7ccc8ccc(-c9ccc(OOP(O)O)cc9)nc8c7n6)c5)nc4c3n2)cc1. The molecule has 0 spiro atoms. The van der Waals surface area contributed by atoms with E-state index < -0.39 is 16.9 Å². The predicted molar refractivity (Wildman–Crippen MR) is 214 cm³/mol. The number of benzene rings is 5. The Morgan fingerprint density at radius 1 is 0.446 bits per heavy atom. The van der Waals surface area contributed by atoms with Gasteiger partial charge in [-0.25, -0.2) is 19.9 Å². The molecule has 0 saturated heterocycles. The first kappa shape index (κ1) is 35.4. The second-order valence-electron chi connectivity index (χ2n) is 12.6. The lowest BCUT2D eigenvalue weighted by Gasteiger charge is -2.10. The van der Waals surface area contributed by atoms with Crippen LogP contribution in [0.4, 0.5) is 0 Å². The van der Waals surface area contributed by atoms with Gasteiger partial charge in [0.1, 0.15) is 4.67 Å². The topological polar surface area (TPSA) is 166 Å². The molecule has 4 heterocycles. The molecule has 9 aromatic rings. The summed E-state index contributed by atoms with van der Waals surface area (Å²) in [5.74, 6) is 0.611. The minimum absolute atomic E-state index is 0.286. The van der Waals surface area contributed by atoms with Gasteiger partial charge in [0, 0.05) is 48.4 Å². The second-order valence-corrected chi connectivity index (χ2v) is 13.9. The minimum atomic E-state index is -2.88. The number of rotatable bonds is 10. The Morgan fingerprint density at radius 2 is 0.804 bits per heavy atom. The van der Waals surface area contributed by atoms with E-state index in [9.17, 15) is 4.57 Å². The number of nitrogens with zero attached hydrogens (tertiary/aromatic N) is 4.